The lowest BCUT2D eigenvalue weighted by Gasteiger charge is -2.33. The highest BCUT2D eigenvalue weighted by Crippen LogP contribution is 2.45. The van der Waals surface area contributed by atoms with E-state index in [1.54, 1.807) is 6.07 Å². The van der Waals surface area contributed by atoms with E-state index in [0.29, 0.717) is 49.1 Å². The SMILES string of the molecule is CCNCC.CCc1c2c(nn1C)C(CCN1CCN(C)CC1)OCCCCn1c(C(=O)O)c(CCCOc3cccc4cc(F)ccc34)c3ccc(Cl)c-2c31. The molecule has 1 unspecified atom stereocenters. The number of hydrogen-bond donors (Lipinski definition) is 2. The molecule has 1 saturated heterocycles. The number of carboxylic acids is 1. The van der Waals surface area contributed by atoms with Crippen LogP contribution in [0, 0.1) is 5.82 Å². The minimum absolute atomic E-state index is 0.222. The van der Waals surface area contributed by atoms with Crippen LogP contribution < -0.4 is 10.1 Å². The number of aryl methyl sites for hydroxylation is 3. The number of aromatic nitrogens is 3. The van der Waals surface area contributed by atoms with Gasteiger partial charge in [-0.15, -0.1) is 0 Å². The molecule has 0 amide bonds. The fourth-order valence-corrected chi connectivity index (χ4v) is 8.48. The molecule has 2 N–H and O–H groups in total. The van der Waals surface area contributed by atoms with E-state index in [9.17, 15) is 14.3 Å². The maximum atomic E-state index is 13.8. The highest BCUT2D eigenvalue weighted by molar-refractivity contribution is 6.35. The Morgan fingerprint density at radius 2 is 1.77 bits per heavy atom. The molecular formula is C44H58ClFN6O4. The Morgan fingerprint density at radius 3 is 2.48 bits per heavy atom. The standard InChI is InChI=1S/C40H47ClFN5O4.C4H11N/c1-4-32-36-35-31(41)15-14-30-29(10-8-24-50-33-11-7-9-26-25-27(42)12-13-28(26)33)39(40(48)49)47(38(30)35)17-5-6-23-51-34(37(36)43-45(32)3)16-18-46-21-19-44(2)20-22-46;1-3-5-4-2/h7,9,11-15,25,34H,4-6,8,10,16-24H2,1-3H3,(H,48,49);5H,3-4H2,1-2H3. The average molecular weight is 789 g/mol. The Morgan fingerprint density at radius 1 is 1.00 bits per heavy atom. The van der Waals surface area contributed by atoms with E-state index in [1.807, 2.05) is 46.6 Å². The first-order chi connectivity index (χ1) is 27.2. The van der Waals surface area contributed by atoms with Crippen molar-refractivity contribution >= 4 is 39.2 Å². The van der Waals surface area contributed by atoms with Crippen molar-refractivity contribution in [2.45, 2.75) is 71.9 Å². The number of halogens is 2. The molecule has 12 heteroatoms. The lowest BCUT2D eigenvalue weighted by molar-refractivity contribution is 0.0297. The summed E-state index contributed by atoms with van der Waals surface area (Å²) in [6.07, 6.45) is 3.97. The number of aromatic carboxylic acids is 1. The zero-order valence-electron chi connectivity index (χ0n) is 33.7. The second kappa shape index (κ2) is 19.4. The van der Waals surface area contributed by atoms with Gasteiger partial charge < -0.3 is 34.3 Å². The Kier molecular flexibility index (Phi) is 14.4. The molecule has 0 aliphatic carbocycles. The van der Waals surface area contributed by atoms with Crippen molar-refractivity contribution in [3.8, 4) is 16.9 Å². The van der Waals surface area contributed by atoms with Crippen LogP contribution in [-0.4, -0.2) is 101 Å². The molecule has 0 spiro atoms. The topological polar surface area (TPSA) is 97.0 Å². The van der Waals surface area contributed by atoms with Crippen LogP contribution >= 0.6 is 11.6 Å². The fraction of sp³-hybridized carbons (Fsp3) is 0.500. The van der Waals surface area contributed by atoms with E-state index in [4.69, 9.17) is 26.2 Å². The number of benzene rings is 3. The third-order valence-electron chi connectivity index (χ3n) is 11.1. The molecule has 1 fully saturated rings. The van der Waals surface area contributed by atoms with E-state index in [1.165, 1.54) is 12.1 Å². The van der Waals surface area contributed by atoms with Crippen LogP contribution in [0.4, 0.5) is 4.39 Å². The zero-order valence-corrected chi connectivity index (χ0v) is 34.4. The minimum Gasteiger partial charge on any atom is -0.493 e. The molecule has 3 aromatic carbocycles. The lowest BCUT2D eigenvalue weighted by Crippen LogP contribution is -2.44. The summed E-state index contributed by atoms with van der Waals surface area (Å²) in [6, 6.07) is 14.1. The van der Waals surface area contributed by atoms with Crippen molar-refractivity contribution < 1.29 is 23.8 Å². The van der Waals surface area contributed by atoms with Crippen molar-refractivity contribution in [3.05, 3.63) is 82.0 Å². The van der Waals surface area contributed by atoms with Crippen molar-refractivity contribution in [1.82, 2.24) is 29.5 Å². The van der Waals surface area contributed by atoms with Crippen LogP contribution in [0.2, 0.25) is 5.02 Å². The van der Waals surface area contributed by atoms with Crippen LogP contribution in [0.5, 0.6) is 5.75 Å². The van der Waals surface area contributed by atoms with Gasteiger partial charge in [-0.3, -0.25) is 4.68 Å². The summed E-state index contributed by atoms with van der Waals surface area (Å²) in [7, 11) is 4.14. The summed E-state index contributed by atoms with van der Waals surface area (Å²) in [4.78, 5) is 18.0. The van der Waals surface area contributed by atoms with Gasteiger partial charge in [-0.05, 0) is 99.9 Å². The molecule has 4 heterocycles. The number of likely N-dealkylation sites (N-methyl/N-ethyl adjacent to an activating group) is 1. The van der Waals surface area contributed by atoms with Crippen molar-refractivity contribution in [3.63, 3.8) is 0 Å². The first-order valence-electron chi connectivity index (χ1n) is 20.3. The van der Waals surface area contributed by atoms with Crippen LogP contribution in [0.1, 0.15) is 80.0 Å². The molecule has 10 nitrogen and oxygen atoms in total. The van der Waals surface area contributed by atoms with Gasteiger partial charge in [0.15, 0.2) is 0 Å². The van der Waals surface area contributed by atoms with E-state index in [2.05, 4.69) is 42.9 Å². The number of hydrogen-bond acceptors (Lipinski definition) is 7. The van der Waals surface area contributed by atoms with Gasteiger partial charge in [0.2, 0.25) is 0 Å². The molecule has 0 saturated carbocycles. The van der Waals surface area contributed by atoms with Crippen molar-refractivity contribution in [2.75, 3.05) is 66.1 Å². The molecule has 2 aliphatic heterocycles. The summed E-state index contributed by atoms with van der Waals surface area (Å²) in [6.45, 7) is 15.1. The average Bonchev–Trinajstić information content (AvgIpc) is 3.67. The molecule has 1 atom stereocenters. The van der Waals surface area contributed by atoms with Crippen LogP contribution in [-0.2, 0) is 31.2 Å². The third-order valence-corrected chi connectivity index (χ3v) is 11.4. The second-order valence-electron chi connectivity index (χ2n) is 14.8. The number of rotatable bonds is 12. The number of carboxylic acid groups (broad SMARTS) is 1. The van der Waals surface area contributed by atoms with Crippen LogP contribution in [0.3, 0.4) is 0 Å². The minimum atomic E-state index is -0.960. The molecule has 2 aromatic heterocycles. The number of carbonyl (C=O) groups is 1. The predicted molar refractivity (Wildman–Crippen MR) is 224 cm³/mol. The molecular weight excluding hydrogens is 731 g/mol. The zero-order chi connectivity index (χ0) is 39.8. The lowest BCUT2D eigenvalue weighted by atomic mass is 9.94. The fourth-order valence-electron chi connectivity index (χ4n) is 8.24. The number of fused-ring (bicyclic) bond motifs is 3. The molecule has 2 aliphatic rings. The number of nitrogens with zero attached hydrogens (tertiary/aromatic N) is 5. The first kappa shape index (κ1) is 41.6. The predicted octanol–water partition coefficient (Wildman–Crippen LogP) is 8.36. The number of ether oxygens (including phenoxy) is 2. The van der Waals surface area contributed by atoms with Gasteiger partial charge >= 0.3 is 5.97 Å². The van der Waals surface area contributed by atoms with E-state index >= 15 is 0 Å². The Labute approximate surface area is 335 Å². The van der Waals surface area contributed by atoms with Gasteiger partial charge in [0.1, 0.15) is 23.4 Å². The molecule has 56 heavy (non-hydrogen) atoms. The van der Waals surface area contributed by atoms with Crippen molar-refractivity contribution in [2.24, 2.45) is 7.05 Å². The van der Waals surface area contributed by atoms with Gasteiger partial charge in [-0.2, -0.15) is 5.10 Å². The van der Waals surface area contributed by atoms with Gasteiger partial charge in [-0.1, -0.05) is 50.6 Å². The van der Waals surface area contributed by atoms with Crippen molar-refractivity contribution in [1.29, 1.82) is 0 Å². The first-order valence-corrected chi connectivity index (χ1v) is 20.7. The van der Waals surface area contributed by atoms with Gasteiger partial charge in [0, 0.05) is 80.5 Å². The summed E-state index contributed by atoms with van der Waals surface area (Å²) in [5.41, 5.74) is 5.62. The number of nitrogens with one attached hydrogen (secondary N) is 1. The summed E-state index contributed by atoms with van der Waals surface area (Å²) in [5.74, 6) is -0.572. The molecule has 5 aromatic rings. The third kappa shape index (κ3) is 9.24. The Balaban J connectivity index is 0.00000100. The molecule has 302 valence electrons. The Bertz CT molecular complexity index is 2100. The molecule has 7 rings (SSSR count). The molecule has 0 radical (unpaired) electrons. The smallest absolute Gasteiger partial charge is 0.352 e. The monoisotopic (exact) mass is 788 g/mol. The van der Waals surface area contributed by atoms with E-state index in [-0.39, 0.29) is 11.9 Å². The summed E-state index contributed by atoms with van der Waals surface area (Å²) in [5, 5.41) is 22.1. The maximum Gasteiger partial charge on any atom is 0.352 e. The Hall–Kier alpha value is -4.00. The van der Waals surface area contributed by atoms with E-state index < -0.39 is 5.97 Å². The largest absolute Gasteiger partial charge is 0.493 e. The van der Waals surface area contributed by atoms with Gasteiger partial charge in [0.05, 0.1) is 22.8 Å². The normalized spacial score (nSPS) is 16.7. The van der Waals surface area contributed by atoms with Crippen LogP contribution in [0.25, 0.3) is 32.8 Å². The van der Waals surface area contributed by atoms with E-state index in [0.717, 1.165) is 121 Å². The highest BCUT2D eigenvalue weighted by atomic mass is 35.5. The highest BCUT2D eigenvalue weighted by Gasteiger charge is 2.32. The quantitative estimate of drug-likeness (QED) is 0.122. The molecule has 0 bridgehead atoms. The maximum absolute atomic E-state index is 13.8. The second-order valence-corrected chi connectivity index (χ2v) is 15.2. The van der Waals surface area contributed by atoms with Gasteiger partial charge in [0.25, 0.3) is 0 Å². The van der Waals surface area contributed by atoms with Crippen LogP contribution in [0.15, 0.2) is 48.5 Å². The van der Waals surface area contributed by atoms with Gasteiger partial charge in [-0.25, -0.2) is 9.18 Å². The summed E-state index contributed by atoms with van der Waals surface area (Å²) >= 11 is 7.19. The number of piperazine rings is 1. The summed E-state index contributed by atoms with van der Waals surface area (Å²) < 4.78 is 30.6.